The van der Waals surface area contributed by atoms with E-state index < -0.39 is 11.1 Å². The Bertz CT molecular complexity index is 782. The van der Waals surface area contributed by atoms with Crippen LogP contribution in [0.25, 0.3) is 11.0 Å². The Balaban J connectivity index is 1.71. The second-order valence-corrected chi connectivity index (χ2v) is 6.23. The van der Waals surface area contributed by atoms with Gasteiger partial charge in [-0.25, -0.2) is 0 Å². The van der Waals surface area contributed by atoms with Gasteiger partial charge in [-0.1, -0.05) is 6.07 Å². The summed E-state index contributed by atoms with van der Waals surface area (Å²) in [5, 5.41) is 0. The third kappa shape index (κ3) is 1.81. The Morgan fingerprint density at radius 2 is 1.65 bits per heavy atom. The van der Waals surface area contributed by atoms with Gasteiger partial charge in [0.05, 0.1) is 11.0 Å². The van der Waals surface area contributed by atoms with Crippen molar-refractivity contribution in [2.45, 2.75) is 25.3 Å². The average Bonchev–Trinajstić information content (AvgIpc) is 3.05. The zero-order valence-corrected chi connectivity index (χ0v) is 11.1. The lowest BCUT2D eigenvalue weighted by atomic mass is 9.90. The topological polar surface area (TPSA) is 91.7 Å². The van der Waals surface area contributed by atoms with E-state index in [0.29, 0.717) is 17.0 Å². The molecule has 0 radical (unpaired) electrons. The molecule has 2 aliphatic rings. The number of fused-ring (bicyclic) bond motifs is 2. The highest BCUT2D eigenvalue weighted by Gasteiger charge is 2.47. The fraction of sp³-hybridized carbons (Fsp3) is 0.467. The molecule has 1 heterocycles. The zero-order valence-electron chi connectivity index (χ0n) is 11.1. The van der Waals surface area contributed by atoms with E-state index in [1.165, 1.54) is 19.3 Å². The van der Waals surface area contributed by atoms with E-state index in [4.69, 9.17) is 5.73 Å². The summed E-state index contributed by atoms with van der Waals surface area (Å²) in [6.45, 7) is 0. The Morgan fingerprint density at radius 1 is 1.00 bits per heavy atom. The molecule has 2 saturated carbocycles. The minimum Gasteiger partial charge on any atom is -0.324 e. The predicted octanol–water partition coefficient (Wildman–Crippen LogP) is 1.26. The van der Waals surface area contributed by atoms with Crippen molar-refractivity contribution in [2.75, 3.05) is 0 Å². The molecule has 20 heavy (non-hydrogen) atoms. The van der Waals surface area contributed by atoms with E-state index in [0.717, 1.165) is 17.4 Å². The number of nitrogens with two attached hydrogens (primary N) is 1. The van der Waals surface area contributed by atoms with Crippen LogP contribution >= 0.6 is 0 Å². The van der Waals surface area contributed by atoms with Gasteiger partial charge in [0.15, 0.2) is 0 Å². The molecule has 5 heteroatoms. The molecule has 3 unspecified atom stereocenters. The first-order valence-electron chi connectivity index (χ1n) is 7.13. The van der Waals surface area contributed by atoms with Crippen molar-refractivity contribution >= 4 is 11.0 Å². The molecule has 2 aliphatic carbocycles. The number of benzene rings is 1. The lowest BCUT2D eigenvalue weighted by molar-refractivity contribution is 0.404. The molecule has 0 bridgehead atoms. The van der Waals surface area contributed by atoms with Gasteiger partial charge in [-0.15, -0.1) is 0 Å². The van der Waals surface area contributed by atoms with Crippen molar-refractivity contribution in [2.24, 2.45) is 23.5 Å². The van der Waals surface area contributed by atoms with Gasteiger partial charge in [0.2, 0.25) is 0 Å². The number of aromatic nitrogens is 2. The highest BCUT2D eigenvalue weighted by Crippen LogP contribution is 2.56. The molecule has 2 fully saturated rings. The first kappa shape index (κ1) is 11.9. The van der Waals surface area contributed by atoms with Gasteiger partial charge in [-0.3, -0.25) is 9.59 Å². The average molecular weight is 271 g/mol. The summed E-state index contributed by atoms with van der Waals surface area (Å²) >= 11 is 0. The number of nitrogens with one attached hydrogen (secondary N) is 2. The Labute approximate surface area is 115 Å². The molecule has 1 aromatic heterocycles. The van der Waals surface area contributed by atoms with Crippen LogP contribution in [0, 0.1) is 17.8 Å². The van der Waals surface area contributed by atoms with Crippen LogP contribution in [0.2, 0.25) is 0 Å². The molecule has 0 amide bonds. The van der Waals surface area contributed by atoms with E-state index in [1.807, 2.05) is 18.2 Å². The highest BCUT2D eigenvalue weighted by molar-refractivity contribution is 5.74. The van der Waals surface area contributed by atoms with Gasteiger partial charge in [0, 0.05) is 6.04 Å². The maximum Gasteiger partial charge on any atom is 0.314 e. The summed E-state index contributed by atoms with van der Waals surface area (Å²) < 4.78 is 0. The van der Waals surface area contributed by atoms with E-state index in [9.17, 15) is 9.59 Å². The molecule has 5 nitrogen and oxygen atoms in total. The molecule has 2 aromatic rings. The van der Waals surface area contributed by atoms with E-state index >= 15 is 0 Å². The van der Waals surface area contributed by atoms with Crippen LogP contribution in [0.15, 0.2) is 27.8 Å². The highest BCUT2D eigenvalue weighted by atomic mass is 16.2. The molecule has 1 aromatic carbocycles. The summed E-state index contributed by atoms with van der Waals surface area (Å²) in [4.78, 5) is 27.8. The van der Waals surface area contributed by atoms with Crippen LogP contribution in [0.3, 0.4) is 0 Å². The van der Waals surface area contributed by atoms with E-state index in [-0.39, 0.29) is 6.04 Å². The van der Waals surface area contributed by atoms with Crippen molar-refractivity contribution in [1.82, 2.24) is 9.97 Å². The number of rotatable bonds is 2. The third-order valence-electron chi connectivity index (χ3n) is 4.92. The van der Waals surface area contributed by atoms with Gasteiger partial charge in [0.25, 0.3) is 0 Å². The summed E-state index contributed by atoms with van der Waals surface area (Å²) in [7, 11) is 0. The monoisotopic (exact) mass is 271 g/mol. The SMILES string of the molecule is NC(c1ccc2[nH]c(=O)c(=O)[nH]c2c1)C1CC2CC2C1. The molecule has 104 valence electrons. The summed E-state index contributed by atoms with van der Waals surface area (Å²) in [5.74, 6) is 2.36. The van der Waals surface area contributed by atoms with E-state index in [1.54, 1.807) is 0 Å². The number of hydrogen-bond donors (Lipinski definition) is 3. The predicted molar refractivity (Wildman–Crippen MR) is 76.4 cm³/mol. The van der Waals surface area contributed by atoms with Crippen molar-refractivity contribution in [3.8, 4) is 0 Å². The van der Waals surface area contributed by atoms with Gasteiger partial charge in [-0.2, -0.15) is 0 Å². The number of H-pyrrole nitrogens is 2. The second kappa shape index (κ2) is 4.06. The second-order valence-electron chi connectivity index (χ2n) is 6.23. The fourth-order valence-corrected chi connectivity index (χ4v) is 3.67. The van der Waals surface area contributed by atoms with Gasteiger partial charge in [-0.05, 0) is 54.7 Å². The van der Waals surface area contributed by atoms with Gasteiger partial charge in [0.1, 0.15) is 0 Å². The smallest absolute Gasteiger partial charge is 0.314 e. The fourth-order valence-electron chi connectivity index (χ4n) is 3.67. The summed E-state index contributed by atoms with van der Waals surface area (Å²) in [5.41, 5.74) is 7.45. The van der Waals surface area contributed by atoms with Crippen molar-refractivity contribution in [3.05, 3.63) is 44.5 Å². The largest absolute Gasteiger partial charge is 0.324 e. The van der Waals surface area contributed by atoms with Crippen LogP contribution in [-0.2, 0) is 0 Å². The Hall–Kier alpha value is -1.88. The lowest BCUT2D eigenvalue weighted by Crippen LogP contribution is -2.29. The maximum absolute atomic E-state index is 11.4. The Morgan fingerprint density at radius 3 is 2.35 bits per heavy atom. The molecule has 4 N–H and O–H groups in total. The van der Waals surface area contributed by atoms with E-state index in [2.05, 4.69) is 9.97 Å². The molecular formula is C15H17N3O2. The van der Waals surface area contributed by atoms with Gasteiger partial charge >= 0.3 is 11.1 Å². The number of hydrogen-bond acceptors (Lipinski definition) is 3. The zero-order chi connectivity index (χ0) is 13.9. The van der Waals surface area contributed by atoms with Crippen LogP contribution in [0.4, 0.5) is 0 Å². The normalized spacial score (nSPS) is 29.4. The maximum atomic E-state index is 11.4. The molecular weight excluding hydrogens is 254 g/mol. The van der Waals surface area contributed by atoms with Gasteiger partial charge < -0.3 is 15.7 Å². The van der Waals surface area contributed by atoms with Crippen molar-refractivity contribution in [3.63, 3.8) is 0 Å². The van der Waals surface area contributed by atoms with Crippen LogP contribution in [0.5, 0.6) is 0 Å². The summed E-state index contributed by atoms with van der Waals surface area (Å²) in [6, 6.07) is 5.67. The molecule has 4 rings (SSSR count). The first-order chi connectivity index (χ1) is 9.61. The number of aromatic amines is 2. The third-order valence-corrected chi connectivity index (χ3v) is 4.92. The molecule has 0 saturated heterocycles. The minimum absolute atomic E-state index is 0.0163. The lowest BCUT2D eigenvalue weighted by Gasteiger charge is -2.21. The molecule has 0 spiro atoms. The van der Waals surface area contributed by atoms with Crippen molar-refractivity contribution < 1.29 is 0 Å². The standard InChI is InChI=1S/C15H17N3O2/c16-13(10-4-8-3-9(8)5-10)7-1-2-11-12(6-7)18-15(20)14(19)17-11/h1-2,6,8-10,13H,3-5,16H2,(H,17,19)(H,18,20). The summed E-state index contributed by atoms with van der Waals surface area (Å²) in [6.07, 6.45) is 3.84. The minimum atomic E-state index is -0.620. The first-order valence-corrected chi connectivity index (χ1v) is 7.13. The van der Waals surface area contributed by atoms with Crippen LogP contribution in [-0.4, -0.2) is 9.97 Å². The molecule has 3 atom stereocenters. The Kier molecular flexibility index (Phi) is 2.41. The quantitative estimate of drug-likeness (QED) is 0.718. The van der Waals surface area contributed by atoms with Crippen molar-refractivity contribution in [1.29, 1.82) is 0 Å². The molecule has 0 aliphatic heterocycles. The van der Waals surface area contributed by atoms with Crippen LogP contribution in [0.1, 0.15) is 30.9 Å². The van der Waals surface area contributed by atoms with Crippen LogP contribution < -0.4 is 16.9 Å².